The van der Waals surface area contributed by atoms with Gasteiger partial charge in [0.05, 0.1) is 10.7 Å². The van der Waals surface area contributed by atoms with Crippen molar-refractivity contribution in [3.05, 3.63) is 40.6 Å². The Morgan fingerprint density at radius 1 is 1.56 bits per heavy atom. The fourth-order valence-electron chi connectivity index (χ4n) is 1.37. The molecular formula is C10H9BrN4O. The molecule has 0 amide bonds. The van der Waals surface area contributed by atoms with E-state index in [0.29, 0.717) is 22.4 Å². The van der Waals surface area contributed by atoms with E-state index in [1.54, 1.807) is 23.1 Å². The lowest BCUT2D eigenvalue weighted by atomic mass is 10.2. The van der Waals surface area contributed by atoms with E-state index in [-0.39, 0.29) is 5.78 Å². The number of halogens is 1. The SMILES string of the molecule is CCn1ncc(Br)c1C(=O)c1ccncn1. The molecule has 0 fully saturated rings. The molecule has 0 aliphatic heterocycles. The largest absolute Gasteiger partial charge is 0.285 e. The third kappa shape index (κ3) is 1.88. The Balaban J connectivity index is 2.45. The summed E-state index contributed by atoms with van der Waals surface area (Å²) in [5.41, 5.74) is 0.882. The molecule has 16 heavy (non-hydrogen) atoms. The molecule has 0 aliphatic rings. The number of nitrogens with zero attached hydrogens (tertiary/aromatic N) is 4. The van der Waals surface area contributed by atoms with Gasteiger partial charge in [-0.1, -0.05) is 0 Å². The fraction of sp³-hybridized carbons (Fsp3) is 0.200. The normalized spacial score (nSPS) is 10.4. The molecule has 0 saturated carbocycles. The van der Waals surface area contributed by atoms with Gasteiger partial charge in [-0.2, -0.15) is 5.10 Å². The van der Waals surface area contributed by atoms with E-state index in [9.17, 15) is 4.79 Å². The molecule has 0 unspecified atom stereocenters. The summed E-state index contributed by atoms with van der Waals surface area (Å²) in [6, 6.07) is 1.59. The Labute approximate surface area is 101 Å². The first kappa shape index (κ1) is 10.9. The highest BCUT2D eigenvalue weighted by molar-refractivity contribution is 9.10. The highest BCUT2D eigenvalue weighted by atomic mass is 79.9. The highest BCUT2D eigenvalue weighted by Gasteiger charge is 2.18. The van der Waals surface area contributed by atoms with Gasteiger partial charge < -0.3 is 0 Å². The van der Waals surface area contributed by atoms with Crippen LogP contribution < -0.4 is 0 Å². The number of carbonyl (C=O) groups excluding carboxylic acids is 1. The first-order chi connectivity index (χ1) is 7.74. The van der Waals surface area contributed by atoms with Gasteiger partial charge in [0.25, 0.3) is 0 Å². The number of rotatable bonds is 3. The first-order valence-electron chi connectivity index (χ1n) is 4.76. The average Bonchev–Trinajstić information content (AvgIpc) is 2.70. The van der Waals surface area contributed by atoms with Crippen LogP contribution in [0.15, 0.2) is 29.3 Å². The Morgan fingerprint density at radius 3 is 3.00 bits per heavy atom. The molecule has 6 heteroatoms. The van der Waals surface area contributed by atoms with E-state index in [0.717, 1.165) is 0 Å². The number of hydrogen-bond acceptors (Lipinski definition) is 4. The molecule has 0 radical (unpaired) electrons. The number of ketones is 1. The summed E-state index contributed by atoms with van der Waals surface area (Å²) >= 11 is 3.31. The second kappa shape index (κ2) is 4.52. The summed E-state index contributed by atoms with van der Waals surface area (Å²) in [5, 5.41) is 4.09. The van der Waals surface area contributed by atoms with Crippen molar-refractivity contribution >= 4 is 21.7 Å². The summed E-state index contributed by atoms with van der Waals surface area (Å²) in [5.74, 6) is -0.159. The van der Waals surface area contributed by atoms with E-state index >= 15 is 0 Å². The third-order valence-corrected chi connectivity index (χ3v) is 2.70. The molecule has 2 heterocycles. The summed E-state index contributed by atoms with van der Waals surface area (Å²) < 4.78 is 2.31. The zero-order valence-corrected chi connectivity index (χ0v) is 10.2. The summed E-state index contributed by atoms with van der Waals surface area (Å²) in [4.78, 5) is 19.8. The van der Waals surface area contributed by atoms with Crippen LogP contribution in [0.2, 0.25) is 0 Å². The molecule has 0 saturated heterocycles. The lowest BCUT2D eigenvalue weighted by Gasteiger charge is -2.03. The van der Waals surface area contributed by atoms with Gasteiger partial charge in [0.15, 0.2) is 0 Å². The second-order valence-corrected chi connectivity index (χ2v) is 3.93. The molecule has 2 rings (SSSR count). The van der Waals surface area contributed by atoms with E-state index in [2.05, 4.69) is 31.0 Å². The Morgan fingerprint density at radius 2 is 2.38 bits per heavy atom. The number of carbonyl (C=O) groups is 1. The smallest absolute Gasteiger partial charge is 0.230 e. The molecule has 5 nitrogen and oxygen atoms in total. The van der Waals surface area contributed by atoms with Crippen molar-refractivity contribution in [2.75, 3.05) is 0 Å². The van der Waals surface area contributed by atoms with E-state index in [1.807, 2.05) is 6.92 Å². The van der Waals surface area contributed by atoms with Crippen LogP contribution in [0.25, 0.3) is 0 Å². The van der Waals surface area contributed by atoms with Crippen LogP contribution in [0.4, 0.5) is 0 Å². The molecule has 0 atom stereocenters. The Hall–Kier alpha value is -1.56. The monoisotopic (exact) mass is 280 g/mol. The molecule has 0 N–H and O–H groups in total. The Kier molecular flexibility index (Phi) is 3.09. The third-order valence-electron chi connectivity index (χ3n) is 2.12. The molecule has 0 spiro atoms. The second-order valence-electron chi connectivity index (χ2n) is 3.08. The van der Waals surface area contributed by atoms with Gasteiger partial charge in [-0.25, -0.2) is 9.97 Å². The minimum absolute atomic E-state index is 0.159. The Bertz CT molecular complexity index is 509. The minimum atomic E-state index is -0.159. The molecule has 2 aromatic rings. The van der Waals surface area contributed by atoms with Crippen LogP contribution in [0, 0.1) is 0 Å². The molecule has 0 bridgehead atoms. The molecule has 0 aliphatic carbocycles. The van der Waals surface area contributed by atoms with Gasteiger partial charge in [0.2, 0.25) is 5.78 Å². The maximum absolute atomic E-state index is 12.1. The molecule has 0 aromatic carbocycles. The van der Waals surface area contributed by atoms with Crippen LogP contribution in [0.5, 0.6) is 0 Å². The van der Waals surface area contributed by atoms with E-state index in [1.165, 1.54) is 6.33 Å². The zero-order valence-electron chi connectivity index (χ0n) is 8.59. The number of aromatic nitrogens is 4. The predicted molar refractivity (Wildman–Crippen MR) is 61.1 cm³/mol. The van der Waals surface area contributed by atoms with Gasteiger partial charge in [-0.15, -0.1) is 0 Å². The van der Waals surface area contributed by atoms with Gasteiger partial charge in [-0.3, -0.25) is 9.48 Å². The zero-order chi connectivity index (χ0) is 11.5. The van der Waals surface area contributed by atoms with Crippen LogP contribution in [-0.2, 0) is 6.54 Å². The van der Waals surface area contributed by atoms with Gasteiger partial charge in [-0.05, 0) is 28.9 Å². The standard InChI is InChI=1S/C10H9BrN4O/c1-2-15-9(7(11)5-14-15)10(16)8-3-4-12-6-13-8/h3-6H,2H2,1H3. The van der Waals surface area contributed by atoms with Crippen molar-refractivity contribution in [2.24, 2.45) is 0 Å². The molecule has 2 aromatic heterocycles. The summed E-state index contributed by atoms with van der Waals surface area (Å²) in [6.45, 7) is 2.56. The molecule has 82 valence electrons. The highest BCUT2D eigenvalue weighted by Crippen LogP contribution is 2.18. The van der Waals surface area contributed by atoms with Gasteiger partial charge >= 0.3 is 0 Å². The summed E-state index contributed by atoms with van der Waals surface area (Å²) in [7, 11) is 0. The minimum Gasteiger partial charge on any atom is -0.285 e. The predicted octanol–water partition coefficient (Wildman–Crippen LogP) is 1.69. The lowest BCUT2D eigenvalue weighted by Crippen LogP contribution is -2.12. The van der Waals surface area contributed by atoms with E-state index < -0.39 is 0 Å². The fourth-order valence-corrected chi connectivity index (χ4v) is 1.85. The maximum atomic E-state index is 12.1. The maximum Gasteiger partial charge on any atom is 0.230 e. The van der Waals surface area contributed by atoms with Gasteiger partial charge in [0.1, 0.15) is 17.7 Å². The first-order valence-corrected chi connectivity index (χ1v) is 5.55. The number of hydrogen-bond donors (Lipinski definition) is 0. The van der Waals surface area contributed by atoms with Crippen LogP contribution in [0.3, 0.4) is 0 Å². The van der Waals surface area contributed by atoms with Crippen LogP contribution >= 0.6 is 15.9 Å². The topological polar surface area (TPSA) is 60.7 Å². The quantitative estimate of drug-likeness (QED) is 0.803. The van der Waals surface area contributed by atoms with Crippen molar-refractivity contribution in [1.82, 2.24) is 19.7 Å². The lowest BCUT2D eigenvalue weighted by molar-refractivity contribution is 0.102. The van der Waals surface area contributed by atoms with E-state index in [4.69, 9.17) is 0 Å². The summed E-state index contributed by atoms with van der Waals surface area (Å²) in [6.07, 6.45) is 4.51. The van der Waals surface area contributed by atoms with Crippen molar-refractivity contribution in [1.29, 1.82) is 0 Å². The molecular weight excluding hydrogens is 272 g/mol. The van der Waals surface area contributed by atoms with Gasteiger partial charge in [0, 0.05) is 12.7 Å². The van der Waals surface area contributed by atoms with Crippen LogP contribution in [0.1, 0.15) is 23.1 Å². The average molecular weight is 281 g/mol. The van der Waals surface area contributed by atoms with Crippen molar-refractivity contribution in [3.63, 3.8) is 0 Å². The van der Waals surface area contributed by atoms with Crippen LogP contribution in [-0.4, -0.2) is 25.5 Å². The van der Waals surface area contributed by atoms with Crippen molar-refractivity contribution < 1.29 is 4.79 Å². The number of aryl methyl sites for hydroxylation is 1. The van der Waals surface area contributed by atoms with Crippen molar-refractivity contribution in [2.45, 2.75) is 13.5 Å². The van der Waals surface area contributed by atoms with Crippen molar-refractivity contribution in [3.8, 4) is 0 Å².